The van der Waals surface area contributed by atoms with Gasteiger partial charge in [-0.15, -0.1) is 24.8 Å². The molecular weight excluding hydrogens is 373 g/mol. The third-order valence-electron chi connectivity index (χ3n) is 6.25. The molecule has 2 aliphatic heterocycles. The van der Waals surface area contributed by atoms with E-state index in [1.807, 2.05) is 11.9 Å². The lowest BCUT2D eigenvalue weighted by Gasteiger charge is -2.31. The van der Waals surface area contributed by atoms with Crippen LogP contribution in [-0.2, 0) is 24.2 Å². The molecule has 0 bridgehead atoms. The topological polar surface area (TPSA) is 64.3 Å². The number of nitrogens with one attached hydrogen (secondary N) is 2. The fourth-order valence-electron chi connectivity index (χ4n) is 5.01. The number of aromatic amines is 1. The van der Waals surface area contributed by atoms with Gasteiger partial charge in [0.1, 0.15) is 0 Å². The van der Waals surface area contributed by atoms with Crippen molar-refractivity contribution in [1.29, 1.82) is 0 Å². The molecule has 1 amide bonds. The Hall–Kier alpha value is -0.820. The SMILES string of the molecule is CN1C[C@H]2CNC[C@@]2(C(=O)N(C)Cc2n[nH]c3c2CCCCC3)C1.Cl.Cl. The molecule has 2 N–H and O–H groups in total. The molecule has 0 aromatic carbocycles. The number of halogens is 2. The monoisotopic (exact) mass is 403 g/mol. The largest absolute Gasteiger partial charge is 0.339 e. The van der Waals surface area contributed by atoms with Crippen LogP contribution in [0.3, 0.4) is 0 Å². The molecule has 0 saturated carbocycles. The Morgan fingerprint density at radius 1 is 1.31 bits per heavy atom. The van der Waals surface area contributed by atoms with E-state index in [0.717, 1.165) is 44.7 Å². The van der Waals surface area contributed by atoms with Crippen molar-refractivity contribution < 1.29 is 4.79 Å². The van der Waals surface area contributed by atoms with E-state index >= 15 is 0 Å². The first-order chi connectivity index (χ1) is 11.6. The second kappa shape index (κ2) is 8.46. The summed E-state index contributed by atoms with van der Waals surface area (Å²) in [6.45, 7) is 4.28. The van der Waals surface area contributed by atoms with Crippen molar-refractivity contribution in [1.82, 2.24) is 25.3 Å². The molecule has 0 unspecified atom stereocenters. The van der Waals surface area contributed by atoms with Crippen molar-refractivity contribution in [3.05, 3.63) is 17.0 Å². The molecule has 3 heterocycles. The lowest BCUT2D eigenvalue weighted by Crippen LogP contribution is -2.47. The second-order valence-corrected chi connectivity index (χ2v) is 8.03. The van der Waals surface area contributed by atoms with Gasteiger partial charge in [-0.2, -0.15) is 5.10 Å². The maximum absolute atomic E-state index is 13.3. The highest BCUT2D eigenvalue weighted by Gasteiger charge is 2.54. The number of likely N-dealkylation sites (tertiary alicyclic amines) is 1. The standard InChI is InChI=1S/C18H29N5O.2ClH/c1-22-9-13-8-19-11-18(13,12-22)17(24)23(2)10-16-14-6-4-3-5-7-15(14)20-21-16;;/h13,19H,3-12H2,1-2H3,(H,20,21);2*1H/t13-,18-;;/m1../s1. The van der Waals surface area contributed by atoms with Gasteiger partial charge >= 0.3 is 0 Å². The zero-order valence-electron chi connectivity index (χ0n) is 15.7. The molecule has 2 atom stereocenters. The van der Waals surface area contributed by atoms with Gasteiger partial charge in [0, 0.05) is 44.8 Å². The Labute approximate surface area is 168 Å². The summed E-state index contributed by atoms with van der Waals surface area (Å²) in [5.41, 5.74) is 3.50. The molecule has 1 aliphatic carbocycles. The molecule has 0 spiro atoms. The van der Waals surface area contributed by atoms with Crippen molar-refractivity contribution in [2.24, 2.45) is 11.3 Å². The first-order valence-electron chi connectivity index (χ1n) is 9.30. The zero-order valence-corrected chi connectivity index (χ0v) is 17.3. The van der Waals surface area contributed by atoms with Crippen LogP contribution in [0.25, 0.3) is 0 Å². The van der Waals surface area contributed by atoms with E-state index < -0.39 is 0 Å². The molecule has 3 aliphatic rings. The number of hydrogen-bond donors (Lipinski definition) is 2. The van der Waals surface area contributed by atoms with Gasteiger partial charge in [-0.05, 0) is 38.3 Å². The van der Waals surface area contributed by atoms with Gasteiger partial charge in [0.25, 0.3) is 0 Å². The third kappa shape index (κ3) is 3.61. The van der Waals surface area contributed by atoms with Crippen LogP contribution < -0.4 is 5.32 Å². The van der Waals surface area contributed by atoms with E-state index in [2.05, 4.69) is 27.5 Å². The number of amides is 1. The van der Waals surface area contributed by atoms with E-state index in [1.54, 1.807) is 0 Å². The highest BCUT2D eigenvalue weighted by atomic mass is 35.5. The molecule has 6 nitrogen and oxygen atoms in total. The molecule has 148 valence electrons. The van der Waals surface area contributed by atoms with Gasteiger partial charge in [0.05, 0.1) is 17.7 Å². The van der Waals surface area contributed by atoms with Crippen molar-refractivity contribution in [3.8, 4) is 0 Å². The van der Waals surface area contributed by atoms with Gasteiger partial charge in [-0.25, -0.2) is 0 Å². The maximum atomic E-state index is 13.3. The summed E-state index contributed by atoms with van der Waals surface area (Å²) < 4.78 is 0. The second-order valence-electron chi connectivity index (χ2n) is 8.03. The number of carbonyl (C=O) groups is 1. The summed E-state index contributed by atoms with van der Waals surface area (Å²) in [5.74, 6) is 0.723. The van der Waals surface area contributed by atoms with Crippen molar-refractivity contribution in [2.75, 3.05) is 40.3 Å². The summed E-state index contributed by atoms with van der Waals surface area (Å²) in [7, 11) is 4.07. The van der Waals surface area contributed by atoms with Crippen molar-refractivity contribution in [2.45, 2.75) is 38.6 Å². The summed E-state index contributed by atoms with van der Waals surface area (Å²) in [6.07, 6.45) is 5.96. The van der Waals surface area contributed by atoms with Gasteiger partial charge in [-0.3, -0.25) is 9.89 Å². The highest BCUT2D eigenvalue weighted by Crippen LogP contribution is 2.40. The van der Waals surface area contributed by atoms with Gasteiger partial charge in [0.15, 0.2) is 0 Å². The molecule has 1 aromatic heterocycles. The number of nitrogens with zero attached hydrogens (tertiary/aromatic N) is 3. The van der Waals surface area contributed by atoms with E-state index in [0.29, 0.717) is 12.5 Å². The number of rotatable bonds is 3. The minimum atomic E-state index is -0.239. The predicted octanol–water partition coefficient (Wildman–Crippen LogP) is 1.63. The van der Waals surface area contributed by atoms with Crippen molar-refractivity contribution >= 4 is 30.7 Å². The number of H-pyrrole nitrogens is 1. The minimum Gasteiger partial charge on any atom is -0.339 e. The average molecular weight is 404 g/mol. The van der Waals surface area contributed by atoms with Crippen LogP contribution in [0.1, 0.15) is 36.2 Å². The quantitative estimate of drug-likeness (QED) is 0.752. The van der Waals surface area contributed by atoms with E-state index in [-0.39, 0.29) is 36.1 Å². The predicted molar refractivity (Wildman–Crippen MR) is 107 cm³/mol. The number of fused-ring (bicyclic) bond motifs is 2. The molecule has 4 rings (SSSR count). The number of carbonyl (C=O) groups excluding carboxylic acids is 1. The number of aromatic nitrogens is 2. The smallest absolute Gasteiger partial charge is 0.231 e. The fraction of sp³-hybridized carbons (Fsp3) is 0.778. The van der Waals surface area contributed by atoms with Crippen LogP contribution in [0.15, 0.2) is 0 Å². The minimum absolute atomic E-state index is 0. The van der Waals surface area contributed by atoms with Gasteiger partial charge in [0.2, 0.25) is 5.91 Å². The molecule has 8 heteroatoms. The molecule has 1 aromatic rings. The summed E-state index contributed by atoms with van der Waals surface area (Å²) in [4.78, 5) is 17.5. The third-order valence-corrected chi connectivity index (χ3v) is 6.25. The van der Waals surface area contributed by atoms with E-state index in [1.165, 1.54) is 30.5 Å². The van der Waals surface area contributed by atoms with Crippen LogP contribution >= 0.6 is 24.8 Å². The summed E-state index contributed by atoms with van der Waals surface area (Å²) >= 11 is 0. The lowest BCUT2D eigenvalue weighted by atomic mass is 9.79. The summed E-state index contributed by atoms with van der Waals surface area (Å²) in [6, 6.07) is 0. The normalized spacial score (nSPS) is 27.7. The highest BCUT2D eigenvalue weighted by molar-refractivity contribution is 5.85. The first-order valence-corrected chi connectivity index (χ1v) is 9.30. The molecule has 2 saturated heterocycles. The Bertz CT molecular complexity index is 637. The maximum Gasteiger partial charge on any atom is 0.231 e. The van der Waals surface area contributed by atoms with E-state index in [4.69, 9.17) is 0 Å². The van der Waals surface area contributed by atoms with Crippen LogP contribution in [0, 0.1) is 11.3 Å². The van der Waals surface area contributed by atoms with E-state index in [9.17, 15) is 4.79 Å². The summed E-state index contributed by atoms with van der Waals surface area (Å²) in [5, 5.41) is 11.2. The Kier molecular flexibility index (Phi) is 6.99. The van der Waals surface area contributed by atoms with Crippen LogP contribution in [-0.4, -0.2) is 66.2 Å². The molecular formula is C18H31Cl2N5O. The molecule has 2 fully saturated rings. The number of aryl methyl sites for hydroxylation is 1. The Morgan fingerprint density at radius 3 is 2.88 bits per heavy atom. The Morgan fingerprint density at radius 2 is 2.08 bits per heavy atom. The Balaban J connectivity index is 0.00000121. The first kappa shape index (κ1) is 21.5. The lowest BCUT2D eigenvalue weighted by molar-refractivity contribution is -0.141. The molecule has 26 heavy (non-hydrogen) atoms. The molecule has 0 radical (unpaired) electrons. The van der Waals surface area contributed by atoms with Gasteiger partial charge in [-0.1, -0.05) is 6.42 Å². The fourth-order valence-corrected chi connectivity index (χ4v) is 5.01. The van der Waals surface area contributed by atoms with Gasteiger partial charge < -0.3 is 15.1 Å². The number of hydrogen-bond acceptors (Lipinski definition) is 4. The zero-order chi connectivity index (χ0) is 16.7. The van der Waals surface area contributed by atoms with Crippen molar-refractivity contribution in [3.63, 3.8) is 0 Å². The van der Waals surface area contributed by atoms with Crippen LogP contribution in [0.2, 0.25) is 0 Å². The van der Waals surface area contributed by atoms with Crippen LogP contribution in [0.4, 0.5) is 0 Å². The average Bonchev–Trinajstić information content (AvgIpc) is 3.14. The van der Waals surface area contributed by atoms with Crippen LogP contribution in [0.5, 0.6) is 0 Å².